The highest BCUT2D eigenvalue weighted by Gasteiger charge is 2.42. The van der Waals surface area contributed by atoms with E-state index in [0.29, 0.717) is 81.7 Å². The Kier molecular flexibility index (Phi) is 36.6. The van der Waals surface area contributed by atoms with Crippen LogP contribution in [0.4, 0.5) is 0 Å². The predicted molar refractivity (Wildman–Crippen MR) is 499 cm³/mol. The Morgan fingerprint density at radius 1 is 0.433 bits per heavy atom. The number of ether oxygens (including phenoxy) is 1. The van der Waals surface area contributed by atoms with Gasteiger partial charge in [0.15, 0.2) is 5.76 Å². The number of nitrogens with zero attached hydrogens (tertiary/aromatic N) is 4. The Morgan fingerprint density at radius 2 is 0.819 bits per heavy atom. The molecule has 30 heteroatoms. The number of hydrogen-bond donors (Lipinski definition) is 11. The van der Waals surface area contributed by atoms with Crippen LogP contribution in [0.2, 0.25) is 25.1 Å². The number of nitrogens with one attached hydrogen (secondary N) is 6. The first-order valence-corrected chi connectivity index (χ1v) is 46.2. The van der Waals surface area contributed by atoms with Crippen LogP contribution in [0.1, 0.15) is 213 Å². The molecule has 0 atom stereocenters. The number of benzene rings is 6. The van der Waals surface area contributed by atoms with Gasteiger partial charge in [0, 0.05) is 160 Å². The van der Waals surface area contributed by atoms with E-state index in [2.05, 4.69) is 72.4 Å². The van der Waals surface area contributed by atoms with E-state index in [1.165, 1.54) is 40.9 Å². The number of halogens is 5. The average molecular weight is 1840 g/mol. The SMILES string of the molecule is CC(=O)NC1CCC(CN)(c2cccc(Cl)c2)CC1.NCC1(c2cccc(Cl)c2)CCC(NC(=O)CCC(=O)N2CCOCC2)CC1.NCC1(c2cccc(Cl)c2)CCC(NC(=O)CN2Cc3ccccc3C2=O)CC1.NCC1(c2cccc(Cl)c2)CCC(NC(=O)CNC(=O)c2ccco2)CC1.NCC1(c2cccc(Cl)c2)CCC(NC(=O)c2ccnnc2)CC1. The lowest BCUT2D eigenvalue weighted by molar-refractivity contribution is -0.137. The van der Waals surface area contributed by atoms with Crippen LogP contribution in [0.3, 0.4) is 0 Å². The first-order chi connectivity index (χ1) is 61.2. The van der Waals surface area contributed by atoms with Crippen molar-refractivity contribution in [3.63, 3.8) is 0 Å². The van der Waals surface area contributed by atoms with E-state index in [4.69, 9.17) is 95.8 Å². The molecule has 6 aromatic carbocycles. The Hall–Kier alpha value is -9.35. The molecule has 8 amide bonds. The van der Waals surface area contributed by atoms with Crippen LogP contribution in [0.15, 0.2) is 187 Å². The maximum Gasteiger partial charge on any atom is 0.287 e. The number of hydrogen-bond acceptors (Lipinski definition) is 17. The summed E-state index contributed by atoms with van der Waals surface area (Å²) < 4.78 is 10.2. The van der Waals surface area contributed by atoms with E-state index in [-0.39, 0.29) is 130 Å². The van der Waals surface area contributed by atoms with Crippen molar-refractivity contribution < 1.29 is 47.5 Å². The van der Waals surface area contributed by atoms with Gasteiger partial charge in [-0.15, -0.1) is 0 Å². The van der Waals surface area contributed by atoms with Gasteiger partial charge >= 0.3 is 0 Å². The Morgan fingerprint density at radius 3 is 1.18 bits per heavy atom. The minimum atomic E-state index is -0.401. The second-order valence-corrected chi connectivity index (χ2v) is 37.0. The molecule has 0 radical (unpaired) electrons. The molecule has 8 aromatic rings. The van der Waals surface area contributed by atoms with Crippen LogP contribution < -0.4 is 60.6 Å². The van der Waals surface area contributed by atoms with Gasteiger partial charge < -0.3 is 79.5 Å². The summed E-state index contributed by atoms with van der Waals surface area (Å²) in [5.41, 5.74) is 38.4. The number of amides is 8. The molecule has 2 aromatic heterocycles. The third kappa shape index (κ3) is 27.1. The Balaban J connectivity index is 0.000000155. The van der Waals surface area contributed by atoms with E-state index < -0.39 is 5.91 Å². The molecule has 680 valence electrons. The van der Waals surface area contributed by atoms with Crippen molar-refractivity contribution in [3.8, 4) is 0 Å². The molecule has 1 saturated heterocycles. The van der Waals surface area contributed by atoms with Crippen molar-refractivity contribution in [1.29, 1.82) is 0 Å². The summed E-state index contributed by atoms with van der Waals surface area (Å²) in [5.74, 6) is -0.646. The molecule has 4 heterocycles. The van der Waals surface area contributed by atoms with Crippen LogP contribution in [-0.4, -0.2) is 170 Å². The molecule has 15 rings (SSSR count). The lowest BCUT2D eigenvalue weighted by Gasteiger charge is -2.40. The van der Waals surface area contributed by atoms with Crippen LogP contribution >= 0.6 is 58.0 Å². The van der Waals surface area contributed by atoms with E-state index in [1.54, 1.807) is 34.9 Å². The maximum atomic E-state index is 12.6. The minimum absolute atomic E-state index is 0.0138. The number of morpholine rings is 1. The van der Waals surface area contributed by atoms with Crippen molar-refractivity contribution in [3.05, 3.63) is 258 Å². The van der Waals surface area contributed by atoms with Crippen molar-refractivity contribution in [1.82, 2.24) is 51.9 Å². The van der Waals surface area contributed by atoms with Crippen molar-refractivity contribution in [2.24, 2.45) is 28.7 Å². The fraction of sp³-hybridized carbons (Fsp3) is 0.464. The standard InChI is InChI=1S/C23H26ClN3O2.C21H30ClN3O3.C20H24ClN3O3.C18H21ClN4O.C15H21ClN2O/c24-18-6-3-5-17(12-18)23(15-25)10-8-19(9-11-23)26-21(28)14-27-13-16-4-1-2-7-20(16)22(27)29;22-17-3-1-2-16(14-17)21(15-23)8-6-18(7-9-21)24-19(26)4-5-20(27)25-10-12-28-13-11-25;21-15-4-1-3-14(11-15)20(13-22)8-6-16(7-9-20)24-18(25)12-23-19(26)17-5-2-10-27-17;19-15-3-1-2-14(10-15)18(12-20)7-4-16(5-8-18)23-17(24)13-6-9-21-22-11-13;1-11(19)18-14-5-7-15(10-17,8-6-14)12-3-2-4-13(16)9-12/h1-7,12,19H,8-11,13-15,25H2,(H,26,28);1-3,14,18H,4-13,15,23H2,(H,24,26);1-5,10-11,16H,6-9,12-13,22H2,(H,23,26)(H,24,25);1-3,6,9-11,16H,4-5,7-8,12,20H2,(H,23,24);2-4,9,14H,5-8,10,17H2,1H3,(H,18,19). The Labute approximate surface area is 770 Å². The number of aromatic nitrogens is 2. The summed E-state index contributed by atoms with van der Waals surface area (Å²) in [6.07, 6.45) is 23.1. The molecule has 16 N–H and O–H groups in total. The highest BCUT2D eigenvalue weighted by molar-refractivity contribution is 6.32. The third-order valence-corrected chi connectivity index (χ3v) is 28.0. The molecule has 6 fully saturated rings. The number of furan rings is 1. The zero-order valence-electron chi connectivity index (χ0n) is 72.4. The summed E-state index contributed by atoms with van der Waals surface area (Å²) in [7, 11) is 0. The molecule has 0 spiro atoms. The zero-order chi connectivity index (χ0) is 90.6. The third-order valence-electron chi connectivity index (χ3n) is 26.9. The molecule has 0 unspecified atom stereocenters. The number of rotatable bonds is 24. The van der Waals surface area contributed by atoms with Crippen molar-refractivity contribution >= 4 is 105 Å². The van der Waals surface area contributed by atoms with Gasteiger partial charge in [-0.3, -0.25) is 38.4 Å². The Bertz CT molecular complexity index is 4950. The van der Waals surface area contributed by atoms with E-state index in [0.717, 1.165) is 160 Å². The first kappa shape index (κ1) is 98.2. The highest BCUT2D eigenvalue weighted by atomic mass is 35.5. The van der Waals surface area contributed by atoms with Gasteiger partial charge in [0.1, 0.15) is 6.54 Å². The summed E-state index contributed by atoms with van der Waals surface area (Å²) >= 11 is 30.7. The van der Waals surface area contributed by atoms with Gasteiger partial charge in [-0.1, -0.05) is 137 Å². The topological polar surface area (TPSA) is 393 Å². The average Bonchev–Trinajstić information content (AvgIpc) is 1.72. The smallest absolute Gasteiger partial charge is 0.287 e. The molecule has 2 aliphatic heterocycles. The lowest BCUT2D eigenvalue weighted by atomic mass is 9.68. The van der Waals surface area contributed by atoms with Gasteiger partial charge in [0.25, 0.3) is 17.7 Å². The van der Waals surface area contributed by atoms with Gasteiger partial charge in [-0.25, -0.2) is 0 Å². The normalized spacial score (nSPS) is 24.2. The predicted octanol–water partition coefficient (Wildman–Crippen LogP) is 13.4. The molecular weight excluding hydrogens is 1710 g/mol. The highest BCUT2D eigenvalue weighted by Crippen LogP contribution is 2.45. The van der Waals surface area contributed by atoms with Crippen LogP contribution in [0.25, 0.3) is 0 Å². The van der Waals surface area contributed by atoms with Crippen molar-refractivity contribution in [2.45, 2.75) is 212 Å². The van der Waals surface area contributed by atoms with E-state index >= 15 is 0 Å². The largest absolute Gasteiger partial charge is 0.459 e. The minimum Gasteiger partial charge on any atom is -0.459 e. The van der Waals surface area contributed by atoms with Crippen LogP contribution in [0.5, 0.6) is 0 Å². The first-order valence-electron chi connectivity index (χ1n) is 44.3. The van der Waals surface area contributed by atoms with Gasteiger partial charge in [0.2, 0.25) is 29.5 Å². The van der Waals surface area contributed by atoms with Crippen LogP contribution in [-0.2, 0) is 62.3 Å². The van der Waals surface area contributed by atoms with E-state index in [9.17, 15) is 38.4 Å². The summed E-state index contributed by atoms with van der Waals surface area (Å²) in [4.78, 5) is 100. The molecule has 0 bridgehead atoms. The molecule has 7 aliphatic rings. The number of fused-ring (bicyclic) bond motifs is 1. The number of nitrogens with two attached hydrogens (primary N) is 5. The molecule has 5 saturated carbocycles. The second kappa shape index (κ2) is 47.3. The quantitative estimate of drug-likeness (QED) is 0.0268. The summed E-state index contributed by atoms with van der Waals surface area (Å²) in [6.45, 7) is 7.38. The zero-order valence-corrected chi connectivity index (χ0v) is 76.2. The molecule has 25 nitrogen and oxygen atoms in total. The van der Waals surface area contributed by atoms with Gasteiger partial charge in [-0.2, -0.15) is 10.2 Å². The van der Waals surface area contributed by atoms with E-state index in [1.807, 2.05) is 115 Å². The van der Waals surface area contributed by atoms with Gasteiger partial charge in [0.05, 0.1) is 44.0 Å². The second-order valence-electron chi connectivity index (χ2n) is 34.8. The number of carbonyl (C=O) groups excluding carboxylic acids is 8. The van der Waals surface area contributed by atoms with Crippen molar-refractivity contribution in [2.75, 3.05) is 72.1 Å². The number of carbonyl (C=O) groups is 8. The molecule has 5 aliphatic carbocycles. The fourth-order valence-corrected chi connectivity index (χ4v) is 20.0. The maximum absolute atomic E-state index is 12.6. The summed E-state index contributed by atoms with van der Waals surface area (Å²) in [5, 5.41) is 28.9. The van der Waals surface area contributed by atoms with Crippen LogP contribution in [0, 0.1) is 0 Å². The monoisotopic (exact) mass is 1830 g/mol. The molecular formula is C97H122Cl5N15O10. The lowest BCUT2D eigenvalue weighted by Crippen LogP contribution is -2.47. The fourth-order valence-electron chi connectivity index (χ4n) is 19.0. The summed E-state index contributed by atoms with van der Waals surface area (Å²) in [6, 6.07) is 52.8. The van der Waals surface area contributed by atoms with Gasteiger partial charge in [-0.05, 0) is 247 Å². The molecule has 127 heavy (non-hydrogen) atoms.